The first-order chi connectivity index (χ1) is 15.1. The first kappa shape index (κ1) is 21.5. The summed E-state index contributed by atoms with van der Waals surface area (Å²) in [6, 6.07) is 15.8. The molecule has 0 radical (unpaired) electrons. The molecule has 1 unspecified atom stereocenters. The summed E-state index contributed by atoms with van der Waals surface area (Å²) in [7, 11) is 0. The van der Waals surface area contributed by atoms with Crippen molar-refractivity contribution in [1.82, 2.24) is 15.1 Å². The van der Waals surface area contributed by atoms with Gasteiger partial charge < -0.3 is 10.1 Å². The summed E-state index contributed by atoms with van der Waals surface area (Å²) in [4.78, 5) is 29.2. The van der Waals surface area contributed by atoms with E-state index in [9.17, 15) is 9.59 Å². The van der Waals surface area contributed by atoms with Gasteiger partial charge in [-0.1, -0.05) is 42.5 Å². The van der Waals surface area contributed by atoms with Crippen LogP contribution in [0.4, 0.5) is 0 Å². The van der Waals surface area contributed by atoms with E-state index in [-0.39, 0.29) is 11.7 Å². The summed E-state index contributed by atoms with van der Waals surface area (Å²) in [5.74, 6) is 0.931. The van der Waals surface area contributed by atoms with Gasteiger partial charge in [0, 0.05) is 39.1 Å². The maximum Gasteiger partial charge on any atom is 0.234 e. The zero-order valence-corrected chi connectivity index (χ0v) is 18.2. The molecule has 4 rings (SSSR count). The van der Waals surface area contributed by atoms with E-state index in [4.69, 9.17) is 4.74 Å². The van der Waals surface area contributed by atoms with Gasteiger partial charge in [-0.2, -0.15) is 0 Å². The summed E-state index contributed by atoms with van der Waals surface area (Å²) < 4.78 is 5.59. The normalized spacial score (nSPS) is 17.6. The molecule has 1 amide bonds. The Morgan fingerprint density at radius 1 is 1.00 bits per heavy atom. The molecule has 1 saturated heterocycles. The SMILES string of the molecule is CC(=O)C(Cc1ccccc1)NC(=O)CN1CCN(Cc2ccc3c(c2)CCO3)CC1. The molecule has 0 bridgehead atoms. The highest BCUT2D eigenvalue weighted by molar-refractivity contribution is 5.88. The van der Waals surface area contributed by atoms with Crippen molar-refractivity contribution in [2.24, 2.45) is 0 Å². The second kappa shape index (κ2) is 10.1. The van der Waals surface area contributed by atoms with Crippen LogP contribution in [-0.2, 0) is 29.0 Å². The van der Waals surface area contributed by atoms with E-state index in [1.54, 1.807) is 0 Å². The Balaban J connectivity index is 1.22. The van der Waals surface area contributed by atoms with Crippen molar-refractivity contribution in [3.05, 3.63) is 65.2 Å². The molecule has 2 aromatic rings. The molecule has 1 fully saturated rings. The van der Waals surface area contributed by atoms with Crippen LogP contribution in [0.5, 0.6) is 5.75 Å². The Bertz CT molecular complexity index is 907. The summed E-state index contributed by atoms with van der Waals surface area (Å²) in [6.07, 6.45) is 1.53. The van der Waals surface area contributed by atoms with Gasteiger partial charge in [0.2, 0.25) is 5.91 Å². The zero-order chi connectivity index (χ0) is 21.6. The molecule has 2 heterocycles. The number of piperazine rings is 1. The highest BCUT2D eigenvalue weighted by Gasteiger charge is 2.22. The minimum absolute atomic E-state index is 0.0123. The number of benzene rings is 2. The number of ether oxygens (including phenoxy) is 1. The molecule has 2 aliphatic heterocycles. The van der Waals surface area contributed by atoms with Gasteiger partial charge in [0.25, 0.3) is 0 Å². The Morgan fingerprint density at radius 3 is 2.48 bits per heavy atom. The second-order valence-electron chi connectivity index (χ2n) is 8.51. The van der Waals surface area contributed by atoms with Crippen LogP contribution >= 0.6 is 0 Å². The number of carbonyl (C=O) groups is 2. The number of fused-ring (bicyclic) bond motifs is 1. The van der Waals surface area contributed by atoms with Gasteiger partial charge in [0.1, 0.15) is 5.75 Å². The predicted octanol–water partition coefficient (Wildman–Crippen LogP) is 2.06. The first-order valence-corrected chi connectivity index (χ1v) is 11.1. The number of amides is 1. The molecule has 0 spiro atoms. The van der Waals surface area contributed by atoms with Crippen molar-refractivity contribution in [3.8, 4) is 5.75 Å². The highest BCUT2D eigenvalue weighted by Crippen LogP contribution is 2.26. The molecule has 2 aromatic carbocycles. The van der Waals surface area contributed by atoms with Gasteiger partial charge >= 0.3 is 0 Å². The molecule has 31 heavy (non-hydrogen) atoms. The third-order valence-electron chi connectivity index (χ3n) is 6.10. The Morgan fingerprint density at radius 2 is 1.74 bits per heavy atom. The molecular weight excluding hydrogens is 390 g/mol. The van der Waals surface area contributed by atoms with Crippen LogP contribution in [0.15, 0.2) is 48.5 Å². The molecule has 1 N–H and O–H groups in total. The largest absolute Gasteiger partial charge is 0.493 e. The number of hydrogen-bond donors (Lipinski definition) is 1. The van der Waals surface area contributed by atoms with E-state index >= 15 is 0 Å². The minimum Gasteiger partial charge on any atom is -0.493 e. The van der Waals surface area contributed by atoms with E-state index in [2.05, 4.69) is 33.3 Å². The first-order valence-electron chi connectivity index (χ1n) is 11.1. The van der Waals surface area contributed by atoms with E-state index in [1.165, 1.54) is 18.1 Å². The summed E-state index contributed by atoms with van der Waals surface area (Å²) in [5.41, 5.74) is 3.68. The lowest BCUT2D eigenvalue weighted by molar-refractivity contribution is -0.127. The van der Waals surface area contributed by atoms with E-state index in [0.717, 1.165) is 57.1 Å². The second-order valence-corrected chi connectivity index (χ2v) is 8.51. The third kappa shape index (κ3) is 5.93. The Hall–Kier alpha value is -2.70. The number of nitrogens with zero attached hydrogens (tertiary/aromatic N) is 2. The number of hydrogen-bond acceptors (Lipinski definition) is 5. The molecule has 6 nitrogen and oxygen atoms in total. The summed E-state index contributed by atoms with van der Waals surface area (Å²) in [6.45, 7) is 7.16. The van der Waals surface area contributed by atoms with Crippen LogP contribution in [0, 0.1) is 0 Å². The Kier molecular flexibility index (Phi) is 6.99. The summed E-state index contributed by atoms with van der Waals surface area (Å²) >= 11 is 0. The molecular formula is C25H31N3O3. The lowest BCUT2D eigenvalue weighted by atomic mass is 10.0. The van der Waals surface area contributed by atoms with Crippen molar-refractivity contribution in [3.63, 3.8) is 0 Å². The fourth-order valence-electron chi connectivity index (χ4n) is 4.29. The van der Waals surface area contributed by atoms with Gasteiger partial charge in [-0.25, -0.2) is 0 Å². The predicted molar refractivity (Wildman–Crippen MR) is 120 cm³/mol. The smallest absolute Gasteiger partial charge is 0.234 e. The average molecular weight is 422 g/mol. The maximum atomic E-state index is 12.6. The molecule has 0 aliphatic carbocycles. The molecule has 1 atom stereocenters. The van der Waals surface area contributed by atoms with Crippen molar-refractivity contribution >= 4 is 11.7 Å². The lowest BCUT2D eigenvalue weighted by Gasteiger charge is -2.34. The monoisotopic (exact) mass is 421 g/mol. The number of Topliss-reactive ketones (excluding diaryl/α,β-unsaturated/α-hetero) is 1. The van der Waals surface area contributed by atoms with Crippen molar-refractivity contribution in [2.75, 3.05) is 39.3 Å². The van der Waals surface area contributed by atoms with E-state index in [1.807, 2.05) is 30.3 Å². The van der Waals surface area contributed by atoms with Gasteiger partial charge in [0.15, 0.2) is 5.78 Å². The van der Waals surface area contributed by atoms with Crippen molar-refractivity contribution in [2.45, 2.75) is 32.4 Å². The fraction of sp³-hybridized carbons (Fsp3) is 0.440. The number of carbonyl (C=O) groups excluding carboxylic acids is 2. The Labute approximate surface area is 184 Å². The molecule has 0 saturated carbocycles. The zero-order valence-electron chi connectivity index (χ0n) is 18.2. The van der Waals surface area contributed by atoms with Crippen LogP contribution in [0.1, 0.15) is 23.6 Å². The molecule has 6 heteroatoms. The number of nitrogens with one attached hydrogen (secondary N) is 1. The topological polar surface area (TPSA) is 61.9 Å². The number of rotatable bonds is 8. The fourth-order valence-corrected chi connectivity index (χ4v) is 4.29. The molecule has 0 aromatic heterocycles. The van der Waals surface area contributed by atoms with E-state index in [0.29, 0.717) is 13.0 Å². The van der Waals surface area contributed by atoms with Crippen LogP contribution in [-0.4, -0.2) is 66.9 Å². The summed E-state index contributed by atoms with van der Waals surface area (Å²) in [5, 5.41) is 2.93. The molecule has 164 valence electrons. The van der Waals surface area contributed by atoms with Gasteiger partial charge in [-0.15, -0.1) is 0 Å². The van der Waals surface area contributed by atoms with Crippen LogP contribution in [0.25, 0.3) is 0 Å². The van der Waals surface area contributed by atoms with E-state index < -0.39 is 6.04 Å². The van der Waals surface area contributed by atoms with Gasteiger partial charge in [-0.05, 0) is 36.1 Å². The lowest BCUT2D eigenvalue weighted by Crippen LogP contribution is -2.51. The van der Waals surface area contributed by atoms with Gasteiger partial charge in [0.05, 0.1) is 19.2 Å². The average Bonchev–Trinajstić information content (AvgIpc) is 3.23. The van der Waals surface area contributed by atoms with Crippen LogP contribution in [0.2, 0.25) is 0 Å². The van der Waals surface area contributed by atoms with Crippen molar-refractivity contribution < 1.29 is 14.3 Å². The maximum absolute atomic E-state index is 12.6. The van der Waals surface area contributed by atoms with Crippen LogP contribution in [0.3, 0.4) is 0 Å². The van der Waals surface area contributed by atoms with Crippen LogP contribution < -0.4 is 10.1 Å². The quantitative estimate of drug-likeness (QED) is 0.707. The van der Waals surface area contributed by atoms with Crippen molar-refractivity contribution in [1.29, 1.82) is 0 Å². The standard InChI is InChI=1S/C25H31N3O3/c1-19(29)23(16-20-5-3-2-4-6-20)26-25(30)18-28-12-10-27(11-13-28)17-21-7-8-24-22(15-21)9-14-31-24/h2-8,15,23H,9-14,16-18H2,1H3,(H,26,30). The number of ketones is 1. The third-order valence-corrected chi connectivity index (χ3v) is 6.10. The highest BCUT2D eigenvalue weighted by atomic mass is 16.5. The van der Waals surface area contributed by atoms with Gasteiger partial charge in [-0.3, -0.25) is 19.4 Å². The minimum atomic E-state index is -0.472. The molecule has 2 aliphatic rings.